The summed E-state index contributed by atoms with van der Waals surface area (Å²) in [5.74, 6) is -0.620. The second-order valence-electron chi connectivity index (χ2n) is 5.07. The Bertz CT molecular complexity index is 539. The number of nitrogens with one attached hydrogen (secondary N) is 1. The van der Waals surface area contributed by atoms with Crippen LogP contribution in [0.1, 0.15) is 24.8 Å². The van der Waals surface area contributed by atoms with Crippen molar-refractivity contribution in [3.8, 4) is 0 Å². The molecule has 1 aliphatic carbocycles. The Morgan fingerprint density at radius 2 is 2.11 bits per heavy atom. The average Bonchev–Trinajstić information content (AvgIpc) is 2.71. The molecule has 1 aliphatic rings. The summed E-state index contributed by atoms with van der Waals surface area (Å²) in [5.41, 5.74) is 0.557. The standard InChI is InChI=1S/C13H18FNO3S/c1-9-5-11(14)7-12(6-9)19(17,18)15-8-10-3-2-4-13(10)16/h5-7,10,13,15-16H,2-4,8H2,1H3/t10-,13+/m0/s1. The van der Waals surface area contributed by atoms with Crippen LogP contribution < -0.4 is 4.72 Å². The Morgan fingerprint density at radius 3 is 2.68 bits per heavy atom. The second-order valence-corrected chi connectivity index (χ2v) is 6.84. The molecular weight excluding hydrogens is 269 g/mol. The van der Waals surface area contributed by atoms with E-state index in [-0.39, 0.29) is 17.4 Å². The van der Waals surface area contributed by atoms with E-state index < -0.39 is 21.9 Å². The van der Waals surface area contributed by atoms with Crippen LogP contribution in [0.5, 0.6) is 0 Å². The SMILES string of the molecule is Cc1cc(F)cc(S(=O)(=O)NC[C@@H]2CCC[C@H]2O)c1. The van der Waals surface area contributed by atoms with Crippen LogP contribution in [-0.4, -0.2) is 26.2 Å². The Labute approximate surface area is 112 Å². The zero-order valence-corrected chi connectivity index (χ0v) is 11.6. The molecule has 2 N–H and O–H groups in total. The number of aliphatic hydroxyl groups excluding tert-OH is 1. The van der Waals surface area contributed by atoms with Gasteiger partial charge in [-0.15, -0.1) is 0 Å². The molecule has 0 bridgehead atoms. The van der Waals surface area contributed by atoms with Gasteiger partial charge in [0, 0.05) is 6.54 Å². The number of aliphatic hydroxyl groups is 1. The minimum absolute atomic E-state index is 0.0515. The van der Waals surface area contributed by atoms with Crippen LogP contribution in [0, 0.1) is 18.7 Å². The maximum Gasteiger partial charge on any atom is 0.240 e. The Balaban J connectivity index is 2.09. The van der Waals surface area contributed by atoms with Crippen LogP contribution in [0.25, 0.3) is 0 Å². The first kappa shape index (κ1) is 14.4. The number of aryl methyl sites for hydroxylation is 1. The Morgan fingerprint density at radius 1 is 1.37 bits per heavy atom. The average molecular weight is 287 g/mol. The lowest BCUT2D eigenvalue weighted by molar-refractivity contribution is 0.134. The predicted octanol–water partition coefficient (Wildman–Crippen LogP) is 1.57. The van der Waals surface area contributed by atoms with E-state index in [0.29, 0.717) is 12.0 Å². The lowest BCUT2D eigenvalue weighted by atomic mass is 10.1. The summed E-state index contributed by atoms with van der Waals surface area (Å²) in [5, 5.41) is 9.65. The fourth-order valence-electron chi connectivity index (χ4n) is 2.41. The highest BCUT2D eigenvalue weighted by molar-refractivity contribution is 7.89. The zero-order valence-electron chi connectivity index (χ0n) is 10.8. The highest BCUT2D eigenvalue weighted by atomic mass is 32.2. The molecule has 0 saturated heterocycles. The summed E-state index contributed by atoms with van der Waals surface area (Å²) in [6.07, 6.45) is 1.99. The van der Waals surface area contributed by atoms with Gasteiger partial charge in [-0.25, -0.2) is 17.5 Å². The van der Waals surface area contributed by atoms with Gasteiger partial charge in [-0.3, -0.25) is 0 Å². The number of hydrogen-bond donors (Lipinski definition) is 2. The minimum atomic E-state index is -3.72. The largest absolute Gasteiger partial charge is 0.393 e. The van der Waals surface area contributed by atoms with Crippen molar-refractivity contribution in [2.24, 2.45) is 5.92 Å². The lowest BCUT2D eigenvalue weighted by Gasteiger charge is -2.15. The molecule has 0 radical (unpaired) electrons. The molecule has 4 nitrogen and oxygen atoms in total. The second kappa shape index (κ2) is 5.56. The van der Waals surface area contributed by atoms with E-state index >= 15 is 0 Å². The number of benzene rings is 1. The summed E-state index contributed by atoms with van der Waals surface area (Å²) < 4.78 is 39.8. The molecule has 19 heavy (non-hydrogen) atoms. The fourth-order valence-corrected chi connectivity index (χ4v) is 3.62. The van der Waals surface area contributed by atoms with Crippen LogP contribution in [0.2, 0.25) is 0 Å². The van der Waals surface area contributed by atoms with Crippen molar-refractivity contribution in [2.75, 3.05) is 6.54 Å². The van der Waals surface area contributed by atoms with Crippen molar-refractivity contribution in [1.82, 2.24) is 4.72 Å². The van der Waals surface area contributed by atoms with Gasteiger partial charge in [0.1, 0.15) is 5.82 Å². The molecule has 2 atom stereocenters. The number of halogens is 1. The molecule has 0 heterocycles. The molecular formula is C13H18FNO3S. The normalized spacial score (nSPS) is 23.7. The number of hydrogen-bond acceptors (Lipinski definition) is 3. The highest BCUT2D eigenvalue weighted by Crippen LogP contribution is 2.25. The molecule has 0 spiro atoms. The molecule has 1 aromatic rings. The van der Waals surface area contributed by atoms with E-state index in [4.69, 9.17) is 0 Å². The molecule has 1 aromatic carbocycles. The first-order valence-electron chi connectivity index (χ1n) is 6.33. The number of sulfonamides is 1. The van der Waals surface area contributed by atoms with Gasteiger partial charge < -0.3 is 5.11 Å². The van der Waals surface area contributed by atoms with Gasteiger partial charge in [-0.2, -0.15) is 0 Å². The van der Waals surface area contributed by atoms with Crippen molar-refractivity contribution < 1.29 is 17.9 Å². The van der Waals surface area contributed by atoms with Crippen LogP contribution in [0.15, 0.2) is 23.1 Å². The quantitative estimate of drug-likeness (QED) is 0.883. The molecule has 0 amide bonds. The topological polar surface area (TPSA) is 66.4 Å². The van der Waals surface area contributed by atoms with Crippen molar-refractivity contribution in [3.05, 3.63) is 29.6 Å². The van der Waals surface area contributed by atoms with Gasteiger partial charge in [0.25, 0.3) is 0 Å². The molecule has 1 saturated carbocycles. The maximum atomic E-state index is 13.2. The molecule has 1 fully saturated rings. The third-order valence-corrected chi connectivity index (χ3v) is 4.88. The molecule has 0 aliphatic heterocycles. The van der Waals surface area contributed by atoms with Gasteiger partial charge in [0.15, 0.2) is 0 Å². The first-order chi connectivity index (χ1) is 8.88. The Hall–Kier alpha value is -0.980. The summed E-state index contributed by atoms with van der Waals surface area (Å²) >= 11 is 0. The van der Waals surface area contributed by atoms with Gasteiger partial charge in [-0.05, 0) is 49.4 Å². The highest BCUT2D eigenvalue weighted by Gasteiger charge is 2.27. The number of rotatable bonds is 4. The third-order valence-electron chi connectivity index (χ3n) is 3.48. The van der Waals surface area contributed by atoms with Crippen molar-refractivity contribution >= 4 is 10.0 Å². The first-order valence-corrected chi connectivity index (χ1v) is 7.82. The zero-order chi connectivity index (χ0) is 14.0. The van der Waals surface area contributed by atoms with Gasteiger partial charge in [0.05, 0.1) is 11.0 Å². The predicted molar refractivity (Wildman–Crippen MR) is 69.7 cm³/mol. The van der Waals surface area contributed by atoms with Crippen molar-refractivity contribution in [1.29, 1.82) is 0 Å². The van der Waals surface area contributed by atoms with Gasteiger partial charge in [-0.1, -0.05) is 6.42 Å². The molecule has 0 unspecified atom stereocenters. The van der Waals surface area contributed by atoms with Crippen molar-refractivity contribution in [2.45, 2.75) is 37.2 Å². The summed E-state index contributed by atoms with van der Waals surface area (Å²) in [7, 11) is -3.72. The smallest absolute Gasteiger partial charge is 0.240 e. The molecule has 0 aromatic heterocycles. The van der Waals surface area contributed by atoms with Crippen LogP contribution >= 0.6 is 0 Å². The summed E-state index contributed by atoms with van der Waals surface area (Å²) in [6, 6.07) is 3.71. The Kier molecular flexibility index (Phi) is 4.23. The van der Waals surface area contributed by atoms with E-state index in [2.05, 4.69) is 4.72 Å². The van der Waals surface area contributed by atoms with Crippen molar-refractivity contribution in [3.63, 3.8) is 0 Å². The van der Waals surface area contributed by atoms with Gasteiger partial charge in [0.2, 0.25) is 10.0 Å². The van der Waals surface area contributed by atoms with E-state index in [1.54, 1.807) is 6.92 Å². The molecule has 6 heteroatoms. The minimum Gasteiger partial charge on any atom is -0.393 e. The van der Waals surface area contributed by atoms with Crippen LogP contribution in [-0.2, 0) is 10.0 Å². The monoisotopic (exact) mass is 287 g/mol. The summed E-state index contributed by atoms with van der Waals surface area (Å²) in [4.78, 5) is -0.0718. The third kappa shape index (κ3) is 3.52. The maximum absolute atomic E-state index is 13.2. The molecule has 2 rings (SSSR count). The van der Waals surface area contributed by atoms with E-state index in [9.17, 15) is 17.9 Å². The van der Waals surface area contributed by atoms with E-state index in [0.717, 1.165) is 18.9 Å². The van der Waals surface area contributed by atoms with E-state index in [1.807, 2.05) is 0 Å². The fraction of sp³-hybridized carbons (Fsp3) is 0.538. The summed E-state index contributed by atoms with van der Waals surface area (Å²) in [6.45, 7) is 1.84. The lowest BCUT2D eigenvalue weighted by Crippen LogP contribution is -2.32. The van der Waals surface area contributed by atoms with Crippen LogP contribution in [0.3, 0.4) is 0 Å². The van der Waals surface area contributed by atoms with Gasteiger partial charge >= 0.3 is 0 Å². The van der Waals surface area contributed by atoms with Crippen LogP contribution in [0.4, 0.5) is 4.39 Å². The van der Waals surface area contributed by atoms with E-state index in [1.165, 1.54) is 12.1 Å². The molecule has 106 valence electrons.